The van der Waals surface area contributed by atoms with Crippen LogP contribution in [0, 0.1) is 0 Å². The molecule has 0 aliphatic carbocycles. The highest BCUT2D eigenvalue weighted by Crippen LogP contribution is 2.35. The van der Waals surface area contributed by atoms with Crippen molar-refractivity contribution in [3.8, 4) is 5.75 Å². The predicted molar refractivity (Wildman–Crippen MR) is 97.3 cm³/mol. The van der Waals surface area contributed by atoms with Crippen LogP contribution in [0.3, 0.4) is 0 Å². The summed E-state index contributed by atoms with van der Waals surface area (Å²) in [5, 5.41) is 5.59. The largest absolute Gasteiger partial charge is 0.496 e. The van der Waals surface area contributed by atoms with E-state index in [1.165, 1.54) is 4.68 Å². The predicted octanol–water partition coefficient (Wildman–Crippen LogP) is 1.92. The number of hydrogen-bond donors (Lipinski definition) is 0. The first-order chi connectivity index (χ1) is 12.0. The molecule has 0 aliphatic rings. The molecule has 1 amide bonds. The number of fused-ring (bicyclic) bond motifs is 3. The van der Waals surface area contributed by atoms with Gasteiger partial charge < -0.3 is 14.2 Å². The summed E-state index contributed by atoms with van der Waals surface area (Å²) in [6.07, 6.45) is 0. The van der Waals surface area contributed by atoms with E-state index in [2.05, 4.69) is 5.10 Å². The summed E-state index contributed by atoms with van der Waals surface area (Å²) in [5.41, 5.74) is 1.31. The van der Waals surface area contributed by atoms with Crippen LogP contribution in [-0.4, -0.2) is 45.4 Å². The van der Waals surface area contributed by atoms with Crippen molar-refractivity contribution in [2.75, 3.05) is 20.2 Å². The summed E-state index contributed by atoms with van der Waals surface area (Å²) in [4.78, 5) is 27.4. The highest BCUT2D eigenvalue weighted by atomic mass is 16.5. The Balaban J connectivity index is 2.54. The Bertz CT molecular complexity index is 1030. The monoisotopic (exact) mass is 342 g/mol. The lowest BCUT2D eigenvalue weighted by molar-refractivity contribution is 0.0767. The number of rotatable bonds is 4. The van der Waals surface area contributed by atoms with Gasteiger partial charge in [-0.2, -0.15) is 5.10 Å². The number of benzene rings is 1. The SMILES string of the molecule is CCN(CC)C(=O)c1nn(C)c(=O)c2c1c1c(OC)cccc1n2C. The molecule has 0 fully saturated rings. The van der Waals surface area contributed by atoms with Crippen molar-refractivity contribution in [1.29, 1.82) is 0 Å². The average Bonchev–Trinajstić information content (AvgIpc) is 2.92. The lowest BCUT2D eigenvalue weighted by Gasteiger charge is -2.18. The van der Waals surface area contributed by atoms with Crippen molar-refractivity contribution in [2.45, 2.75) is 13.8 Å². The van der Waals surface area contributed by atoms with Crippen LogP contribution in [0.2, 0.25) is 0 Å². The minimum Gasteiger partial charge on any atom is -0.496 e. The Kier molecular flexibility index (Phi) is 4.24. The summed E-state index contributed by atoms with van der Waals surface area (Å²) in [6, 6.07) is 5.59. The molecule has 1 aromatic carbocycles. The fourth-order valence-electron chi connectivity index (χ4n) is 3.32. The Morgan fingerprint density at radius 2 is 1.88 bits per heavy atom. The second kappa shape index (κ2) is 6.23. The average molecular weight is 342 g/mol. The molecule has 7 nitrogen and oxygen atoms in total. The van der Waals surface area contributed by atoms with Gasteiger partial charge in [-0.1, -0.05) is 6.07 Å². The molecule has 0 aliphatic heterocycles. The number of methoxy groups -OCH3 is 1. The Morgan fingerprint density at radius 1 is 1.20 bits per heavy atom. The van der Waals surface area contributed by atoms with Gasteiger partial charge in [-0.3, -0.25) is 9.59 Å². The van der Waals surface area contributed by atoms with Crippen LogP contribution in [-0.2, 0) is 14.1 Å². The summed E-state index contributed by atoms with van der Waals surface area (Å²) in [5.74, 6) is 0.427. The standard InChI is InChI=1S/C18H22N4O3/c1-6-22(7-2)17(23)15-14-13-11(9-8-10-12(13)25-5)20(3)16(14)18(24)21(4)19-15/h8-10H,6-7H2,1-5H3. The third kappa shape index (κ3) is 2.38. The second-order valence-corrected chi connectivity index (χ2v) is 5.89. The topological polar surface area (TPSA) is 69.4 Å². The Labute approximate surface area is 145 Å². The molecule has 3 rings (SSSR count). The molecule has 2 aromatic heterocycles. The maximum atomic E-state index is 13.0. The first-order valence-electron chi connectivity index (χ1n) is 8.27. The first-order valence-corrected chi connectivity index (χ1v) is 8.27. The van der Waals surface area contributed by atoms with Crippen LogP contribution in [0.5, 0.6) is 5.75 Å². The molecular formula is C18H22N4O3. The van der Waals surface area contributed by atoms with Crippen LogP contribution in [0.1, 0.15) is 24.3 Å². The van der Waals surface area contributed by atoms with Gasteiger partial charge in [0.2, 0.25) is 0 Å². The fourth-order valence-corrected chi connectivity index (χ4v) is 3.32. The zero-order valence-electron chi connectivity index (χ0n) is 15.2. The van der Waals surface area contributed by atoms with E-state index in [1.54, 1.807) is 23.6 Å². The zero-order valence-corrected chi connectivity index (χ0v) is 15.2. The lowest BCUT2D eigenvalue weighted by Crippen LogP contribution is -2.33. The van der Waals surface area contributed by atoms with Crippen molar-refractivity contribution < 1.29 is 9.53 Å². The molecule has 0 radical (unpaired) electrons. The van der Waals surface area contributed by atoms with E-state index in [0.717, 1.165) is 10.9 Å². The second-order valence-electron chi connectivity index (χ2n) is 5.89. The number of carbonyl (C=O) groups excluding carboxylic acids is 1. The Hall–Kier alpha value is -2.83. The van der Waals surface area contributed by atoms with Crippen LogP contribution < -0.4 is 10.3 Å². The molecule has 0 saturated carbocycles. The number of aromatic nitrogens is 3. The molecular weight excluding hydrogens is 320 g/mol. The third-order valence-electron chi connectivity index (χ3n) is 4.64. The molecule has 132 valence electrons. The minimum atomic E-state index is -0.244. The van der Waals surface area contributed by atoms with E-state index in [0.29, 0.717) is 29.7 Å². The molecule has 2 heterocycles. The maximum Gasteiger partial charge on any atom is 0.291 e. The molecule has 0 bridgehead atoms. The molecule has 3 aromatic rings. The van der Waals surface area contributed by atoms with E-state index < -0.39 is 0 Å². The van der Waals surface area contributed by atoms with Crippen molar-refractivity contribution in [3.63, 3.8) is 0 Å². The van der Waals surface area contributed by atoms with Gasteiger partial charge in [0.25, 0.3) is 11.5 Å². The number of hydrogen-bond acceptors (Lipinski definition) is 4. The number of aryl methyl sites for hydroxylation is 2. The van der Waals surface area contributed by atoms with E-state index in [9.17, 15) is 9.59 Å². The van der Waals surface area contributed by atoms with Gasteiger partial charge in [-0.25, -0.2) is 4.68 Å². The fraction of sp³-hybridized carbons (Fsp3) is 0.389. The molecule has 7 heteroatoms. The summed E-state index contributed by atoms with van der Waals surface area (Å²) < 4.78 is 8.52. The minimum absolute atomic E-state index is 0.191. The highest BCUT2D eigenvalue weighted by Gasteiger charge is 2.26. The van der Waals surface area contributed by atoms with Crippen LogP contribution in [0.25, 0.3) is 21.8 Å². The van der Waals surface area contributed by atoms with Gasteiger partial charge in [0.05, 0.1) is 23.4 Å². The van der Waals surface area contributed by atoms with Crippen LogP contribution in [0.15, 0.2) is 23.0 Å². The Morgan fingerprint density at radius 3 is 2.48 bits per heavy atom. The summed E-state index contributed by atoms with van der Waals surface area (Å²) >= 11 is 0. The maximum absolute atomic E-state index is 13.0. The lowest BCUT2D eigenvalue weighted by atomic mass is 10.1. The van der Waals surface area contributed by atoms with Crippen molar-refractivity contribution in [2.24, 2.45) is 14.1 Å². The number of amides is 1. The first kappa shape index (κ1) is 17.0. The van der Waals surface area contributed by atoms with Gasteiger partial charge >= 0.3 is 0 Å². The van der Waals surface area contributed by atoms with E-state index >= 15 is 0 Å². The smallest absolute Gasteiger partial charge is 0.291 e. The summed E-state index contributed by atoms with van der Waals surface area (Å²) in [7, 11) is 4.96. The molecule has 0 unspecified atom stereocenters. The van der Waals surface area contributed by atoms with Gasteiger partial charge in [0, 0.05) is 27.2 Å². The van der Waals surface area contributed by atoms with Crippen molar-refractivity contribution in [1.82, 2.24) is 19.2 Å². The highest BCUT2D eigenvalue weighted by molar-refractivity contribution is 6.18. The van der Waals surface area contributed by atoms with Gasteiger partial charge in [-0.15, -0.1) is 0 Å². The van der Waals surface area contributed by atoms with Crippen molar-refractivity contribution >= 4 is 27.7 Å². The van der Waals surface area contributed by atoms with Crippen LogP contribution >= 0.6 is 0 Å². The van der Waals surface area contributed by atoms with Gasteiger partial charge in [0.1, 0.15) is 11.3 Å². The molecule has 0 N–H and O–H groups in total. The number of nitrogens with zero attached hydrogens (tertiary/aromatic N) is 4. The van der Waals surface area contributed by atoms with Crippen molar-refractivity contribution in [3.05, 3.63) is 34.2 Å². The number of carbonyl (C=O) groups is 1. The number of ether oxygens (including phenoxy) is 1. The third-order valence-corrected chi connectivity index (χ3v) is 4.64. The molecule has 25 heavy (non-hydrogen) atoms. The zero-order chi connectivity index (χ0) is 18.3. The van der Waals surface area contributed by atoms with E-state index in [1.807, 2.05) is 39.1 Å². The van der Waals surface area contributed by atoms with E-state index in [4.69, 9.17) is 4.74 Å². The normalized spacial score (nSPS) is 11.2. The van der Waals surface area contributed by atoms with Crippen LogP contribution in [0.4, 0.5) is 0 Å². The quantitative estimate of drug-likeness (QED) is 0.726. The molecule has 0 saturated heterocycles. The molecule has 0 atom stereocenters. The van der Waals surface area contributed by atoms with E-state index in [-0.39, 0.29) is 17.2 Å². The van der Waals surface area contributed by atoms with Gasteiger partial charge in [0.15, 0.2) is 5.69 Å². The molecule has 0 spiro atoms. The summed E-state index contributed by atoms with van der Waals surface area (Å²) in [6.45, 7) is 4.99. The van der Waals surface area contributed by atoms with Gasteiger partial charge in [-0.05, 0) is 26.0 Å².